The summed E-state index contributed by atoms with van der Waals surface area (Å²) < 4.78 is 10.6. The molecule has 106 valence electrons. The van der Waals surface area contributed by atoms with Crippen molar-refractivity contribution >= 4 is 11.6 Å². The molecule has 20 heavy (non-hydrogen) atoms. The first-order chi connectivity index (χ1) is 9.70. The standard InChI is InChI=1S/C15H17NO4/c1-11-4-5-12(3-2-6-17)13(9-11)16-15(18)14-10-19-7-8-20-14/h4-5,9,14,17H,6-8,10H2,1H3,(H,16,18). The molecule has 0 bridgehead atoms. The van der Waals surface area contributed by atoms with Crippen LogP contribution in [0.4, 0.5) is 5.69 Å². The first-order valence-electron chi connectivity index (χ1n) is 6.41. The summed E-state index contributed by atoms with van der Waals surface area (Å²) in [6.45, 7) is 2.90. The van der Waals surface area contributed by atoms with E-state index >= 15 is 0 Å². The predicted octanol–water partition coefficient (Wildman–Crippen LogP) is 0.693. The van der Waals surface area contributed by atoms with Gasteiger partial charge < -0.3 is 19.9 Å². The lowest BCUT2D eigenvalue weighted by molar-refractivity contribution is -0.142. The van der Waals surface area contributed by atoms with Crippen LogP contribution in [0, 0.1) is 18.8 Å². The highest BCUT2D eigenvalue weighted by molar-refractivity contribution is 5.95. The molecule has 1 aromatic rings. The van der Waals surface area contributed by atoms with E-state index < -0.39 is 6.10 Å². The first kappa shape index (κ1) is 14.5. The molecule has 0 aliphatic carbocycles. The quantitative estimate of drug-likeness (QED) is 0.779. The lowest BCUT2D eigenvalue weighted by atomic mass is 10.1. The molecule has 1 unspecified atom stereocenters. The zero-order valence-electron chi connectivity index (χ0n) is 11.3. The fourth-order valence-corrected chi connectivity index (χ4v) is 1.86. The van der Waals surface area contributed by atoms with Gasteiger partial charge in [-0.3, -0.25) is 4.79 Å². The van der Waals surface area contributed by atoms with E-state index in [2.05, 4.69) is 17.2 Å². The van der Waals surface area contributed by atoms with Gasteiger partial charge in [0.2, 0.25) is 0 Å². The minimum absolute atomic E-state index is 0.221. The number of aliphatic hydroxyl groups excluding tert-OH is 1. The fraction of sp³-hybridized carbons (Fsp3) is 0.400. The molecule has 1 aliphatic heterocycles. The second-order valence-electron chi connectivity index (χ2n) is 4.43. The summed E-state index contributed by atoms with van der Waals surface area (Å²) in [5, 5.41) is 11.6. The predicted molar refractivity (Wildman–Crippen MR) is 74.3 cm³/mol. The largest absolute Gasteiger partial charge is 0.384 e. The van der Waals surface area contributed by atoms with Crippen molar-refractivity contribution in [2.24, 2.45) is 0 Å². The number of nitrogens with one attached hydrogen (secondary N) is 1. The molecule has 1 atom stereocenters. The SMILES string of the molecule is Cc1ccc(C#CCO)c(NC(=O)C2COCCO2)c1. The van der Waals surface area contributed by atoms with E-state index in [0.29, 0.717) is 24.5 Å². The summed E-state index contributed by atoms with van der Waals surface area (Å²) in [4.78, 5) is 12.1. The number of benzene rings is 1. The number of amides is 1. The summed E-state index contributed by atoms with van der Waals surface area (Å²) in [5.41, 5.74) is 2.29. The Labute approximate surface area is 117 Å². The molecular weight excluding hydrogens is 258 g/mol. The number of aryl methyl sites for hydroxylation is 1. The molecule has 1 amide bonds. The Morgan fingerprint density at radius 1 is 1.50 bits per heavy atom. The van der Waals surface area contributed by atoms with Crippen LogP contribution in [0.5, 0.6) is 0 Å². The Balaban J connectivity index is 2.14. The van der Waals surface area contributed by atoms with Crippen molar-refractivity contribution in [3.8, 4) is 11.8 Å². The zero-order valence-corrected chi connectivity index (χ0v) is 11.3. The molecule has 5 nitrogen and oxygen atoms in total. The van der Waals surface area contributed by atoms with Crippen LogP contribution in [0.1, 0.15) is 11.1 Å². The number of hydrogen-bond acceptors (Lipinski definition) is 4. The molecule has 1 aliphatic rings. The smallest absolute Gasteiger partial charge is 0.255 e. The van der Waals surface area contributed by atoms with Gasteiger partial charge in [0.1, 0.15) is 6.61 Å². The van der Waals surface area contributed by atoms with Gasteiger partial charge in [-0.05, 0) is 24.6 Å². The summed E-state index contributed by atoms with van der Waals surface area (Å²) in [6, 6.07) is 5.55. The number of ether oxygens (including phenoxy) is 2. The van der Waals surface area contributed by atoms with E-state index in [1.807, 2.05) is 25.1 Å². The Kier molecular flexibility index (Phi) is 5.13. The second kappa shape index (κ2) is 7.06. The molecule has 5 heteroatoms. The Bertz CT molecular complexity index is 539. The monoisotopic (exact) mass is 275 g/mol. The van der Waals surface area contributed by atoms with Crippen LogP contribution in [0.25, 0.3) is 0 Å². The van der Waals surface area contributed by atoms with E-state index in [0.717, 1.165) is 5.56 Å². The number of rotatable bonds is 2. The third kappa shape index (κ3) is 3.81. The molecule has 1 heterocycles. The maximum atomic E-state index is 12.1. The highest BCUT2D eigenvalue weighted by Gasteiger charge is 2.23. The number of carbonyl (C=O) groups is 1. The van der Waals surface area contributed by atoms with E-state index in [1.165, 1.54) is 0 Å². The van der Waals surface area contributed by atoms with Gasteiger partial charge in [0.15, 0.2) is 6.10 Å². The maximum Gasteiger partial charge on any atom is 0.255 e. The summed E-state index contributed by atoms with van der Waals surface area (Å²) in [5.74, 6) is 5.14. The summed E-state index contributed by atoms with van der Waals surface area (Å²) >= 11 is 0. The van der Waals surface area contributed by atoms with Crippen LogP contribution in [-0.4, -0.2) is 43.5 Å². The number of hydrogen-bond donors (Lipinski definition) is 2. The fourth-order valence-electron chi connectivity index (χ4n) is 1.86. The topological polar surface area (TPSA) is 67.8 Å². The van der Waals surface area contributed by atoms with Gasteiger partial charge in [0.05, 0.1) is 25.5 Å². The second-order valence-corrected chi connectivity index (χ2v) is 4.43. The molecule has 0 saturated carbocycles. The van der Waals surface area contributed by atoms with Gasteiger partial charge in [0, 0.05) is 5.56 Å². The average Bonchev–Trinajstić information content (AvgIpc) is 2.47. The van der Waals surface area contributed by atoms with Gasteiger partial charge in [-0.15, -0.1) is 0 Å². The number of carbonyl (C=O) groups excluding carboxylic acids is 1. The molecule has 0 aromatic heterocycles. The first-order valence-corrected chi connectivity index (χ1v) is 6.41. The van der Waals surface area contributed by atoms with Crippen molar-refractivity contribution < 1.29 is 19.4 Å². The lowest BCUT2D eigenvalue weighted by Crippen LogP contribution is -2.39. The Hall–Kier alpha value is -1.87. The molecule has 0 radical (unpaired) electrons. The van der Waals surface area contributed by atoms with E-state index in [4.69, 9.17) is 14.6 Å². The van der Waals surface area contributed by atoms with Crippen molar-refractivity contribution in [2.75, 3.05) is 31.7 Å². The van der Waals surface area contributed by atoms with Crippen molar-refractivity contribution in [1.29, 1.82) is 0 Å². The molecule has 0 spiro atoms. The molecule has 1 aromatic carbocycles. The van der Waals surface area contributed by atoms with Crippen molar-refractivity contribution in [3.05, 3.63) is 29.3 Å². The lowest BCUT2D eigenvalue weighted by Gasteiger charge is -2.22. The van der Waals surface area contributed by atoms with Crippen LogP contribution in [0.2, 0.25) is 0 Å². The van der Waals surface area contributed by atoms with E-state index in [-0.39, 0.29) is 19.1 Å². The Morgan fingerprint density at radius 3 is 3.05 bits per heavy atom. The van der Waals surface area contributed by atoms with Crippen LogP contribution >= 0.6 is 0 Å². The van der Waals surface area contributed by atoms with Gasteiger partial charge in [-0.25, -0.2) is 0 Å². The van der Waals surface area contributed by atoms with Crippen LogP contribution in [0.15, 0.2) is 18.2 Å². The molecule has 2 N–H and O–H groups in total. The van der Waals surface area contributed by atoms with Gasteiger partial charge in [-0.2, -0.15) is 0 Å². The molecule has 2 rings (SSSR count). The van der Waals surface area contributed by atoms with Crippen molar-refractivity contribution in [2.45, 2.75) is 13.0 Å². The van der Waals surface area contributed by atoms with Crippen LogP contribution in [-0.2, 0) is 14.3 Å². The zero-order chi connectivity index (χ0) is 14.4. The van der Waals surface area contributed by atoms with Gasteiger partial charge in [-0.1, -0.05) is 17.9 Å². The summed E-state index contributed by atoms with van der Waals surface area (Å²) in [7, 11) is 0. The normalized spacial score (nSPS) is 18.0. The maximum absolute atomic E-state index is 12.1. The summed E-state index contributed by atoms with van der Waals surface area (Å²) in [6.07, 6.45) is -0.595. The minimum Gasteiger partial charge on any atom is -0.384 e. The third-order valence-electron chi connectivity index (χ3n) is 2.84. The number of aliphatic hydroxyl groups is 1. The van der Waals surface area contributed by atoms with Gasteiger partial charge >= 0.3 is 0 Å². The minimum atomic E-state index is -0.595. The van der Waals surface area contributed by atoms with Crippen molar-refractivity contribution in [3.63, 3.8) is 0 Å². The third-order valence-corrected chi connectivity index (χ3v) is 2.84. The average molecular weight is 275 g/mol. The Morgan fingerprint density at radius 2 is 2.35 bits per heavy atom. The van der Waals surface area contributed by atoms with Gasteiger partial charge in [0.25, 0.3) is 5.91 Å². The van der Waals surface area contributed by atoms with Crippen molar-refractivity contribution in [1.82, 2.24) is 0 Å². The van der Waals surface area contributed by atoms with E-state index in [9.17, 15) is 4.79 Å². The van der Waals surface area contributed by atoms with Crippen LogP contribution in [0.3, 0.4) is 0 Å². The van der Waals surface area contributed by atoms with E-state index in [1.54, 1.807) is 0 Å². The number of anilines is 1. The van der Waals surface area contributed by atoms with Crippen LogP contribution < -0.4 is 5.32 Å². The highest BCUT2D eigenvalue weighted by Crippen LogP contribution is 2.17. The molecular formula is C15H17NO4. The molecule has 1 fully saturated rings. The highest BCUT2D eigenvalue weighted by atomic mass is 16.6. The molecule has 1 saturated heterocycles.